The summed E-state index contributed by atoms with van der Waals surface area (Å²) in [6.07, 6.45) is -1.48. The van der Waals surface area contributed by atoms with Crippen LogP contribution in [0.15, 0.2) is 30.3 Å². The van der Waals surface area contributed by atoms with E-state index < -0.39 is 24.2 Å². The SMILES string of the molecule is CC(C)C[C@H]1C(=O)OC(=O)N1C(=O)OCc1ccccc1. The van der Waals surface area contributed by atoms with Gasteiger partial charge in [0, 0.05) is 0 Å². The normalized spacial score (nSPS) is 18.0. The third kappa shape index (κ3) is 3.59. The van der Waals surface area contributed by atoms with Crippen molar-refractivity contribution in [1.29, 1.82) is 0 Å². The fourth-order valence-corrected chi connectivity index (χ4v) is 2.07. The lowest BCUT2D eigenvalue weighted by molar-refractivity contribution is -0.136. The second kappa shape index (κ2) is 6.39. The van der Waals surface area contributed by atoms with Crippen molar-refractivity contribution < 1.29 is 23.9 Å². The second-order valence-electron chi connectivity index (χ2n) is 5.24. The molecule has 1 aromatic carbocycles. The summed E-state index contributed by atoms with van der Waals surface area (Å²) >= 11 is 0. The minimum Gasteiger partial charge on any atom is -0.444 e. The Bertz CT molecular complexity index is 540. The van der Waals surface area contributed by atoms with Crippen molar-refractivity contribution in [3.63, 3.8) is 0 Å². The summed E-state index contributed by atoms with van der Waals surface area (Å²) in [6, 6.07) is 8.18. The van der Waals surface area contributed by atoms with Crippen LogP contribution in [0, 0.1) is 5.92 Å². The van der Waals surface area contributed by atoms with E-state index in [2.05, 4.69) is 4.74 Å². The van der Waals surface area contributed by atoms with Crippen LogP contribution < -0.4 is 0 Å². The van der Waals surface area contributed by atoms with Crippen LogP contribution in [-0.2, 0) is 20.9 Å². The van der Waals surface area contributed by atoms with Crippen LogP contribution in [0.4, 0.5) is 9.59 Å². The molecule has 21 heavy (non-hydrogen) atoms. The Morgan fingerprint density at radius 3 is 2.57 bits per heavy atom. The monoisotopic (exact) mass is 291 g/mol. The number of benzene rings is 1. The molecule has 1 saturated heterocycles. The van der Waals surface area contributed by atoms with Crippen LogP contribution in [-0.4, -0.2) is 29.1 Å². The van der Waals surface area contributed by atoms with Gasteiger partial charge in [0.25, 0.3) is 0 Å². The maximum Gasteiger partial charge on any atom is 0.427 e. The van der Waals surface area contributed by atoms with Crippen molar-refractivity contribution in [3.05, 3.63) is 35.9 Å². The van der Waals surface area contributed by atoms with E-state index in [0.29, 0.717) is 6.42 Å². The van der Waals surface area contributed by atoms with Crippen LogP contribution in [0.5, 0.6) is 0 Å². The van der Waals surface area contributed by atoms with Crippen LogP contribution >= 0.6 is 0 Å². The zero-order valence-corrected chi connectivity index (χ0v) is 11.9. The van der Waals surface area contributed by atoms with E-state index in [1.807, 2.05) is 32.0 Å². The minimum absolute atomic E-state index is 0.0338. The molecule has 0 unspecified atom stereocenters. The number of cyclic esters (lactones) is 2. The molecule has 0 radical (unpaired) electrons. The van der Waals surface area contributed by atoms with Gasteiger partial charge in [-0.2, -0.15) is 4.90 Å². The summed E-state index contributed by atoms with van der Waals surface area (Å²) in [7, 11) is 0. The molecule has 1 aromatic rings. The Kier molecular flexibility index (Phi) is 4.57. The van der Waals surface area contributed by atoms with Gasteiger partial charge in [-0.1, -0.05) is 44.2 Å². The molecule has 1 heterocycles. The molecule has 0 spiro atoms. The Morgan fingerprint density at radius 2 is 1.95 bits per heavy atom. The average Bonchev–Trinajstić information content (AvgIpc) is 2.71. The lowest BCUT2D eigenvalue weighted by Crippen LogP contribution is -2.41. The highest BCUT2D eigenvalue weighted by Gasteiger charge is 2.46. The van der Waals surface area contributed by atoms with Gasteiger partial charge in [0.2, 0.25) is 0 Å². The van der Waals surface area contributed by atoms with Gasteiger partial charge in [-0.25, -0.2) is 14.4 Å². The third-order valence-corrected chi connectivity index (χ3v) is 3.06. The fourth-order valence-electron chi connectivity index (χ4n) is 2.07. The summed E-state index contributed by atoms with van der Waals surface area (Å²) in [5.41, 5.74) is 0.796. The molecule has 0 aromatic heterocycles. The number of carbonyl (C=O) groups excluding carboxylic acids is 3. The molecule has 2 rings (SSSR count). The molecule has 0 bridgehead atoms. The highest BCUT2D eigenvalue weighted by molar-refractivity contribution is 6.03. The van der Waals surface area contributed by atoms with E-state index in [9.17, 15) is 14.4 Å². The van der Waals surface area contributed by atoms with E-state index >= 15 is 0 Å². The van der Waals surface area contributed by atoms with Crippen LogP contribution in [0.2, 0.25) is 0 Å². The zero-order valence-electron chi connectivity index (χ0n) is 11.9. The molecule has 0 saturated carbocycles. The molecule has 2 amide bonds. The number of hydrogen-bond donors (Lipinski definition) is 0. The van der Waals surface area contributed by atoms with Crippen molar-refractivity contribution in [2.24, 2.45) is 5.92 Å². The topological polar surface area (TPSA) is 72.9 Å². The van der Waals surface area contributed by atoms with Crippen molar-refractivity contribution in [3.8, 4) is 0 Å². The zero-order chi connectivity index (χ0) is 15.4. The van der Waals surface area contributed by atoms with Gasteiger partial charge in [-0.15, -0.1) is 0 Å². The quantitative estimate of drug-likeness (QED) is 0.630. The van der Waals surface area contributed by atoms with E-state index in [1.54, 1.807) is 12.1 Å². The molecule has 0 aliphatic carbocycles. The molecular formula is C15H17NO5. The second-order valence-corrected chi connectivity index (χ2v) is 5.24. The number of ether oxygens (including phenoxy) is 2. The van der Waals surface area contributed by atoms with Gasteiger partial charge in [0.05, 0.1) is 0 Å². The Hall–Kier alpha value is -2.37. The van der Waals surface area contributed by atoms with Crippen LogP contribution in [0.1, 0.15) is 25.8 Å². The van der Waals surface area contributed by atoms with Gasteiger partial charge >= 0.3 is 18.2 Å². The highest BCUT2D eigenvalue weighted by Crippen LogP contribution is 2.22. The summed E-state index contributed by atoms with van der Waals surface area (Å²) in [5.74, 6) is -0.566. The first-order chi connectivity index (χ1) is 9.99. The Balaban J connectivity index is 2.02. The molecule has 0 N–H and O–H groups in total. The number of amides is 2. The largest absolute Gasteiger partial charge is 0.444 e. The lowest BCUT2D eigenvalue weighted by atomic mass is 10.0. The number of hydrogen-bond acceptors (Lipinski definition) is 5. The Morgan fingerprint density at radius 1 is 1.29 bits per heavy atom. The maximum atomic E-state index is 12.0. The molecule has 1 aliphatic rings. The van der Waals surface area contributed by atoms with Crippen LogP contribution in [0.25, 0.3) is 0 Å². The minimum atomic E-state index is -0.969. The van der Waals surface area contributed by atoms with Crippen molar-refractivity contribution >= 4 is 18.2 Å². The van der Waals surface area contributed by atoms with Gasteiger partial charge in [-0.3, -0.25) is 0 Å². The first kappa shape index (κ1) is 15.0. The lowest BCUT2D eigenvalue weighted by Gasteiger charge is -2.19. The van der Waals surface area contributed by atoms with Crippen molar-refractivity contribution in [2.45, 2.75) is 32.9 Å². The van der Waals surface area contributed by atoms with E-state index in [1.165, 1.54) is 0 Å². The van der Waals surface area contributed by atoms with Crippen LogP contribution in [0.3, 0.4) is 0 Å². The molecular weight excluding hydrogens is 274 g/mol. The highest BCUT2D eigenvalue weighted by atomic mass is 16.6. The van der Waals surface area contributed by atoms with E-state index in [4.69, 9.17) is 4.74 Å². The molecule has 6 heteroatoms. The van der Waals surface area contributed by atoms with E-state index in [0.717, 1.165) is 10.5 Å². The molecule has 1 atom stereocenters. The van der Waals surface area contributed by atoms with Gasteiger partial charge in [0.1, 0.15) is 12.6 Å². The first-order valence-electron chi connectivity index (χ1n) is 6.74. The number of rotatable bonds is 4. The Labute approximate surface area is 122 Å². The summed E-state index contributed by atoms with van der Waals surface area (Å²) in [5, 5.41) is 0. The summed E-state index contributed by atoms with van der Waals surface area (Å²) < 4.78 is 9.58. The fraction of sp³-hybridized carbons (Fsp3) is 0.400. The number of carbonyl (C=O) groups is 3. The molecule has 1 aliphatic heterocycles. The van der Waals surface area contributed by atoms with Gasteiger partial charge in [-0.05, 0) is 17.9 Å². The molecule has 112 valence electrons. The van der Waals surface area contributed by atoms with Gasteiger partial charge < -0.3 is 9.47 Å². The predicted octanol–water partition coefficient (Wildman–Crippen LogP) is 2.72. The van der Waals surface area contributed by atoms with Gasteiger partial charge in [0.15, 0.2) is 0 Å². The first-order valence-corrected chi connectivity index (χ1v) is 6.74. The molecule has 6 nitrogen and oxygen atoms in total. The number of esters is 1. The standard InChI is InChI=1S/C15H17NO5/c1-10(2)8-12-13(17)21-15(19)16(12)14(18)20-9-11-6-4-3-5-7-11/h3-7,10,12H,8-9H2,1-2H3/t12-/m0/s1. The number of imide groups is 1. The average molecular weight is 291 g/mol. The predicted molar refractivity (Wildman–Crippen MR) is 73.2 cm³/mol. The maximum absolute atomic E-state index is 12.0. The van der Waals surface area contributed by atoms with Crippen molar-refractivity contribution in [2.75, 3.05) is 0 Å². The summed E-state index contributed by atoms with van der Waals surface area (Å²) in [6.45, 7) is 3.82. The molecule has 1 fully saturated rings. The third-order valence-electron chi connectivity index (χ3n) is 3.06. The number of nitrogens with zero attached hydrogens (tertiary/aromatic N) is 1. The summed E-state index contributed by atoms with van der Waals surface area (Å²) in [4.78, 5) is 36.0. The van der Waals surface area contributed by atoms with Crippen molar-refractivity contribution in [1.82, 2.24) is 4.90 Å². The van der Waals surface area contributed by atoms with E-state index in [-0.39, 0.29) is 12.5 Å². The smallest absolute Gasteiger partial charge is 0.427 e.